The average molecular weight is 356 g/mol. The van der Waals surface area contributed by atoms with E-state index in [1.807, 2.05) is 12.1 Å². The van der Waals surface area contributed by atoms with E-state index in [0.717, 1.165) is 0 Å². The number of pyridine rings is 2. The minimum absolute atomic E-state index is 0.0853. The minimum atomic E-state index is -1.07. The molecule has 0 aliphatic carbocycles. The van der Waals surface area contributed by atoms with Crippen molar-refractivity contribution in [2.75, 3.05) is 0 Å². The molecule has 5 aromatic rings. The van der Waals surface area contributed by atoms with Gasteiger partial charge in [0.25, 0.3) is 0 Å². The summed E-state index contributed by atoms with van der Waals surface area (Å²) in [5.74, 6) is -1.07. The fourth-order valence-corrected chi connectivity index (χ4v) is 3.53. The van der Waals surface area contributed by atoms with Gasteiger partial charge in [-0.15, -0.1) is 0 Å². The van der Waals surface area contributed by atoms with Crippen molar-refractivity contribution in [3.05, 3.63) is 80.6 Å². The molecule has 6 heteroatoms. The Morgan fingerprint density at radius 3 is 1.89 bits per heavy atom. The maximum atomic E-state index is 12.9. The standard InChI is InChI=1S/C21H12N2O4/c24-19-11-3-1-2-4-15(11)22-17-8-14-18(9-13(17)19)23-16-7-10(21(26)27)5-6-12(16)20(14)25/h1-9H,(H,22,24)(H,23,25)(H,26,27). The van der Waals surface area contributed by atoms with Crippen LogP contribution in [0.25, 0.3) is 43.6 Å². The van der Waals surface area contributed by atoms with Crippen LogP contribution < -0.4 is 10.9 Å². The predicted octanol–water partition coefficient (Wildman–Crippen LogP) is 3.37. The lowest BCUT2D eigenvalue weighted by Crippen LogP contribution is -2.08. The molecule has 0 spiro atoms. The number of aromatic carboxylic acids is 1. The summed E-state index contributed by atoms with van der Waals surface area (Å²) < 4.78 is 0. The van der Waals surface area contributed by atoms with Crippen molar-refractivity contribution in [3.8, 4) is 0 Å². The summed E-state index contributed by atoms with van der Waals surface area (Å²) in [6, 6.07) is 14.9. The number of fused-ring (bicyclic) bond motifs is 4. The van der Waals surface area contributed by atoms with Crippen LogP contribution in [-0.4, -0.2) is 21.0 Å². The number of aromatic nitrogens is 2. The van der Waals surface area contributed by atoms with Gasteiger partial charge in [0.2, 0.25) is 0 Å². The highest BCUT2D eigenvalue weighted by Gasteiger charge is 2.12. The van der Waals surface area contributed by atoms with Crippen LogP contribution in [0.4, 0.5) is 0 Å². The van der Waals surface area contributed by atoms with Crippen LogP contribution in [-0.2, 0) is 0 Å². The van der Waals surface area contributed by atoms with Gasteiger partial charge in [0.1, 0.15) is 0 Å². The molecule has 0 fully saturated rings. The first-order chi connectivity index (χ1) is 13.0. The summed E-state index contributed by atoms with van der Waals surface area (Å²) in [6.07, 6.45) is 0. The van der Waals surface area contributed by atoms with E-state index >= 15 is 0 Å². The lowest BCUT2D eigenvalue weighted by molar-refractivity contribution is 0.0697. The van der Waals surface area contributed by atoms with E-state index < -0.39 is 5.97 Å². The molecule has 0 atom stereocenters. The zero-order valence-corrected chi connectivity index (χ0v) is 13.9. The number of hydrogen-bond acceptors (Lipinski definition) is 3. The van der Waals surface area contributed by atoms with Gasteiger partial charge in [-0.2, -0.15) is 0 Å². The number of benzene rings is 3. The Morgan fingerprint density at radius 2 is 1.22 bits per heavy atom. The molecule has 3 aromatic carbocycles. The zero-order chi connectivity index (χ0) is 18.7. The van der Waals surface area contributed by atoms with Crippen LogP contribution >= 0.6 is 0 Å². The molecule has 0 aliphatic rings. The monoisotopic (exact) mass is 356 g/mol. The second-order valence-corrected chi connectivity index (χ2v) is 6.46. The maximum Gasteiger partial charge on any atom is 0.335 e. The van der Waals surface area contributed by atoms with Crippen LogP contribution in [0.2, 0.25) is 0 Å². The zero-order valence-electron chi connectivity index (χ0n) is 13.9. The van der Waals surface area contributed by atoms with Crippen LogP contribution in [0, 0.1) is 0 Å². The number of nitrogens with one attached hydrogen (secondary N) is 2. The first-order valence-electron chi connectivity index (χ1n) is 8.31. The Hall–Kier alpha value is -3.93. The number of hydrogen-bond donors (Lipinski definition) is 3. The molecule has 130 valence electrons. The third-order valence-corrected chi connectivity index (χ3v) is 4.87. The molecule has 0 amide bonds. The Morgan fingerprint density at radius 1 is 0.667 bits per heavy atom. The molecular formula is C21H12N2O4. The van der Waals surface area contributed by atoms with E-state index in [-0.39, 0.29) is 16.4 Å². The number of carbonyl (C=O) groups is 1. The van der Waals surface area contributed by atoms with Gasteiger partial charge in [0, 0.05) is 27.1 Å². The molecule has 0 radical (unpaired) electrons. The van der Waals surface area contributed by atoms with E-state index in [2.05, 4.69) is 9.97 Å². The fourth-order valence-electron chi connectivity index (χ4n) is 3.53. The van der Waals surface area contributed by atoms with Crippen LogP contribution in [0.1, 0.15) is 10.4 Å². The quantitative estimate of drug-likeness (QED) is 0.401. The van der Waals surface area contributed by atoms with E-state index in [1.165, 1.54) is 18.2 Å². The topological polar surface area (TPSA) is 103 Å². The third kappa shape index (κ3) is 2.17. The minimum Gasteiger partial charge on any atom is -0.478 e. The summed E-state index contributed by atoms with van der Waals surface area (Å²) >= 11 is 0. The summed E-state index contributed by atoms with van der Waals surface area (Å²) in [5, 5.41) is 11.0. The first kappa shape index (κ1) is 15.3. The molecule has 0 bridgehead atoms. The second kappa shape index (κ2) is 5.28. The highest BCUT2D eigenvalue weighted by Crippen LogP contribution is 2.22. The summed E-state index contributed by atoms with van der Waals surface area (Å²) in [7, 11) is 0. The first-order valence-corrected chi connectivity index (χ1v) is 8.31. The van der Waals surface area contributed by atoms with Crippen molar-refractivity contribution in [2.45, 2.75) is 0 Å². The molecule has 0 saturated carbocycles. The Kier molecular flexibility index (Phi) is 3.00. The molecule has 0 aliphatic heterocycles. The molecule has 2 heterocycles. The number of carboxylic acids is 1. The molecule has 0 saturated heterocycles. The van der Waals surface area contributed by atoms with Crippen molar-refractivity contribution in [3.63, 3.8) is 0 Å². The molecule has 5 rings (SSSR count). The van der Waals surface area contributed by atoms with Crippen molar-refractivity contribution in [1.82, 2.24) is 9.97 Å². The van der Waals surface area contributed by atoms with Crippen molar-refractivity contribution < 1.29 is 9.90 Å². The summed E-state index contributed by atoms with van der Waals surface area (Å²) in [5.41, 5.74) is 1.94. The van der Waals surface area contributed by atoms with Gasteiger partial charge >= 0.3 is 5.97 Å². The number of para-hydroxylation sites is 1. The molecule has 6 nitrogen and oxygen atoms in total. The molecule has 0 unspecified atom stereocenters. The van der Waals surface area contributed by atoms with Crippen LogP contribution in [0.15, 0.2) is 64.2 Å². The summed E-state index contributed by atoms with van der Waals surface area (Å²) in [6.45, 7) is 0. The normalized spacial score (nSPS) is 11.6. The second-order valence-electron chi connectivity index (χ2n) is 6.46. The lowest BCUT2D eigenvalue weighted by atomic mass is 10.0. The SMILES string of the molecule is O=C(O)c1ccc2c(=O)c3cc4[nH]c5ccccc5c(=O)c4cc3[nH]c2c1. The maximum absolute atomic E-state index is 12.9. The van der Waals surface area contributed by atoms with Crippen molar-refractivity contribution in [1.29, 1.82) is 0 Å². The largest absolute Gasteiger partial charge is 0.478 e. The van der Waals surface area contributed by atoms with Gasteiger partial charge in [-0.05, 0) is 42.5 Å². The van der Waals surface area contributed by atoms with E-state index in [0.29, 0.717) is 43.6 Å². The van der Waals surface area contributed by atoms with Crippen molar-refractivity contribution >= 4 is 49.6 Å². The van der Waals surface area contributed by atoms with E-state index in [1.54, 1.807) is 24.3 Å². The summed E-state index contributed by atoms with van der Waals surface area (Å²) in [4.78, 5) is 43.2. The van der Waals surface area contributed by atoms with Crippen LogP contribution in [0.5, 0.6) is 0 Å². The Labute approximate surface area is 150 Å². The molecule has 27 heavy (non-hydrogen) atoms. The Bertz CT molecular complexity index is 1540. The number of rotatable bonds is 1. The molecular weight excluding hydrogens is 344 g/mol. The van der Waals surface area contributed by atoms with E-state index in [9.17, 15) is 14.4 Å². The molecule has 2 aromatic heterocycles. The van der Waals surface area contributed by atoms with Crippen molar-refractivity contribution in [2.24, 2.45) is 0 Å². The van der Waals surface area contributed by atoms with Gasteiger partial charge < -0.3 is 15.1 Å². The van der Waals surface area contributed by atoms with Gasteiger partial charge in [-0.3, -0.25) is 9.59 Å². The van der Waals surface area contributed by atoms with Gasteiger partial charge in [-0.25, -0.2) is 4.79 Å². The lowest BCUT2D eigenvalue weighted by Gasteiger charge is -2.07. The van der Waals surface area contributed by atoms with Crippen LogP contribution in [0.3, 0.4) is 0 Å². The van der Waals surface area contributed by atoms with Gasteiger partial charge in [0.15, 0.2) is 10.9 Å². The molecule has 3 N–H and O–H groups in total. The highest BCUT2D eigenvalue weighted by atomic mass is 16.4. The Balaban J connectivity index is 1.96. The number of H-pyrrole nitrogens is 2. The highest BCUT2D eigenvalue weighted by molar-refractivity contribution is 6.03. The predicted molar refractivity (Wildman–Crippen MR) is 105 cm³/mol. The number of carboxylic acid groups (broad SMARTS) is 1. The average Bonchev–Trinajstić information content (AvgIpc) is 2.67. The van der Waals surface area contributed by atoms with Gasteiger partial charge in [0.05, 0.1) is 22.1 Å². The van der Waals surface area contributed by atoms with Gasteiger partial charge in [-0.1, -0.05) is 12.1 Å². The third-order valence-electron chi connectivity index (χ3n) is 4.87. The smallest absolute Gasteiger partial charge is 0.335 e. The van der Waals surface area contributed by atoms with E-state index in [4.69, 9.17) is 5.11 Å². The fraction of sp³-hybridized carbons (Fsp3) is 0. The number of aromatic amines is 2.